The summed E-state index contributed by atoms with van der Waals surface area (Å²) in [5, 5.41) is 5.15. The van der Waals surface area contributed by atoms with E-state index < -0.39 is 0 Å². The molecule has 0 aliphatic rings. The Morgan fingerprint density at radius 2 is 1.82 bits per heavy atom. The highest BCUT2D eigenvalue weighted by Crippen LogP contribution is 2.31. The first-order valence-electron chi connectivity index (χ1n) is 8.74. The molecule has 0 fully saturated rings. The summed E-state index contributed by atoms with van der Waals surface area (Å²) in [5.74, 6) is 2.35. The maximum atomic E-state index is 5.42. The molecule has 0 spiro atoms. The molecule has 0 radical (unpaired) electrons. The second kappa shape index (κ2) is 7.95. The summed E-state index contributed by atoms with van der Waals surface area (Å²) in [5.41, 5.74) is 1.84. The normalized spacial score (nSPS) is 11.3. The van der Waals surface area contributed by atoms with Crippen molar-refractivity contribution in [1.82, 2.24) is 20.0 Å². The number of nitrogens with zero attached hydrogens (tertiary/aromatic N) is 4. The van der Waals surface area contributed by atoms with E-state index in [4.69, 9.17) is 14.0 Å². The maximum Gasteiger partial charge on any atom is 0.241 e. The van der Waals surface area contributed by atoms with Gasteiger partial charge in [0.1, 0.15) is 5.01 Å². The second-order valence-electron chi connectivity index (χ2n) is 6.33. The van der Waals surface area contributed by atoms with Gasteiger partial charge in [0, 0.05) is 5.56 Å². The van der Waals surface area contributed by atoms with Gasteiger partial charge in [-0.15, -0.1) is 11.3 Å². The highest BCUT2D eigenvalue weighted by Gasteiger charge is 2.14. The summed E-state index contributed by atoms with van der Waals surface area (Å²) >= 11 is 1.70. The molecule has 0 unspecified atom stereocenters. The molecule has 0 atom stereocenters. The van der Waals surface area contributed by atoms with Crippen LogP contribution in [0.3, 0.4) is 0 Å². The summed E-state index contributed by atoms with van der Waals surface area (Å²) in [6.07, 6.45) is 0. The van der Waals surface area contributed by atoms with Crippen LogP contribution in [0.4, 0.5) is 0 Å². The molecule has 4 aromatic rings. The topological polar surface area (TPSA) is 73.5 Å². The van der Waals surface area contributed by atoms with Crippen molar-refractivity contribution in [2.24, 2.45) is 0 Å². The Morgan fingerprint density at radius 3 is 2.61 bits per heavy atom. The number of thiazole rings is 1. The molecule has 2 aromatic carbocycles. The van der Waals surface area contributed by atoms with Crippen LogP contribution in [0.25, 0.3) is 21.6 Å². The number of ether oxygens (including phenoxy) is 2. The Morgan fingerprint density at radius 1 is 1.00 bits per heavy atom. The lowest BCUT2D eigenvalue weighted by Crippen LogP contribution is -2.17. The van der Waals surface area contributed by atoms with Crippen molar-refractivity contribution < 1.29 is 14.0 Å². The molecule has 0 aliphatic carbocycles. The van der Waals surface area contributed by atoms with Gasteiger partial charge >= 0.3 is 0 Å². The minimum absolute atomic E-state index is 0.518. The van der Waals surface area contributed by atoms with Crippen LogP contribution in [-0.4, -0.2) is 41.3 Å². The number of hydrogen-bond acceptors (Lipinski definition) is 8. The summed E-state index contributed by atoms with van der Waals surface area (Å²) in [6, 6.07) is 13.7. The van der Waals surface area contributed by atoms with Crippen molar-refractivity contribution in [2.45, 2.75) is 13.1 Å². The predicted octanol–water partition coefficient (Wildman–Crippen LogP) is 4.00. The number of hydrogen-bond donors (Lipinski definition) is 0. The van der Waals surface area contributed by atoms with Crippen LogP contribution in [0.5, 0.6) is 11.5 Å². The van der Waals surface area contributed by atoms with Crippen LogP contribution in [-0.2, 0) is 13.1 Å². The van der Waals surface area contributed by atoms with Gasteiger partial charge in [-0.3, -0.25) is 4.90 Å². The van der Waals surface area contributed by atoms with Crippen molar-refractivity contribution >= 4 is 21.6 Å². The molecule has 0 aliphatic heterocycles. The van der Waals surface area contributed by atoms with E-state index in [0.29, 0.717) is 36.3 Å². The number of methoxy groups -OCH3 is 2. The van der Waals surface area contributed by atoms with E-state index in [1.54, 1.807) is 25.6 Å². The predicted molar refractivity (Wildman–Crippen MR) is 108 cm³/mol. The molecule has 0 saturated heterocycles. The average Bonchev–Trinajstić information content (AvgIpc) is 3.33. The lowest BCUT2D eigenvalue weighted by atomic mass is 10.2. The third-order valence-corrected chi connectivity index (χ3v) is 5.28. The van der Waals surface area contributed by atoms with Crippen LogP contribution in [0.2, 0.25) is 0 Å². The van der Waals surface area contributed by atoms with Crippen LogP contribution < -0.4 is 9.47 Å². The molecular formula is C20H20N4O3S. The Kier molecular flexibility index (Phi) is 5.23. The molecule has 0 bridgehead atoms. The molecular weight excluding hydrogens is 376 g/mol. The quantitative estimate of drug-likeness (QED) is 0.467. The van der Waals surface area contributed by atoms with Crippen LogP contribution in [0.15, 0.2) is 47.0 Å². The zero-order valence-electron chi connectivity index (χ0n) is 15.9. The lowest BCUT2D eigenvalue weighted by molar-refractivity contribution is 0.260. The number of rotatable bonds is 7. The molecule has 2 heterocycles. The Bertz CT molecular complexity index is 1060. The van der Waals surface area contributed by atoms with Crippen LogP contribution in [0, 0.1) is 0 Å². The van der Waals surface area contributed by atoms with Gasteiger partial charge in [0.15, 0.2) is 11.5 Å². The van der Waals surface area contributed by atoms with E-state index in [2.05, 4.69) is 26.1 Å². The van der Waals surface area contributed by atoms with E-state index in [-0.39, 0.29) is 0 Å². The standard InChI is InChI=1S/C20H20N4O3S/c1-24(12-19-21-14-6-4-5-7-17(14)28-19)11-18-22-20(23-27-18)13-8-9-15(25-2)16(10-13)26-3/h4-10H,11-12H2,1-3H3. The van der Waals surface area contributed by atoms with Gasteiger partial charge in [-0.2, -0.15) is 4.98 Å². The third-order valence-electron chi connectivity index (χ3n) is 4.26. The number of aromatic nitrogens is 3. The molecule has 8 heteroatoms. The minimum atomic E-state index is 0.518. The zero-order chi connectivity index (χ0) is 19.5. The fraction of sp³-hybridized carbons (Fsp3) is 0.250. The van der Waals surface area contributed by atoms with Crippen molar-refractivity contribution in [3.63, 3.8) is 0 Å². The third kappa shape index (κ3) is 3.83. The van der Waals surface area contributed by atoms with Gasteiger partial charge in [-0.1, -0.05) is 17.3 Å². The van der Waals surface area contributed by atoms with Gasteiger partial charge in [0.25, 0.3) is 0 Å². The fourth-order valence-electron chi connectivity index (χ4n) is 2.92. The molecule has 2 aromatic heterocycles. The second-order valence-corrected chi connectivity index (χ2v) is 7.44. The molecule has 0 saturated carbocycles. The van der Waals surface area contributed by atoms with Gasteiger partial charge < -0.3 is 14.0 Å². The van der Waals surface area contributed by atoms with Gasteiger partial charge in [-0.25, -0.2) is 4.98 Å². The maximum absolute atomic E-state index is 5.42. The first-order valence-corrected chi connectivity index (χ1v) is 9.56. The SMILES string of the molecule is COc1ccc(-c2noc(CN(C)Cc3nc4ccccc4s3)n2)cc1OC. The van der Waals surface area contributed by atoms with Crippen molar-refractivity contribution in [2.75, 3.05) is 21.3 Å². The van der Waals surface area contributed by atoms with Crippen molar-refractivity contribution in [3.05, 3.63) is 53.4 Å². The molecule has 144 valence electrons. The largest absolute Gasteiger partial charge is 0.493 e. The average molecular weight is 396 g/mol. The number of fused-ring (bicyclic) bond motifs is 1. The monoisotopic (exact) mass is 396 g/mol. The van der Waals surface area contributed by atoms with E-state index in [1.807, 2.05) is 43.4 Å². The Labute approximate surface area is 166 Å². The van der Waals surface area contributed by atoms with E-state index >= 15 is 0 Å². The minimum Gasteiger partial charge on any atom is -0.493 e. The van der Waals surface area contributed by atoms with Crippen molar-refractivity contribution in [1.29, 1.82) is 0 Å². The number of para-hydroxylation sites is 1. The fourth-order valence-corrected chi connectivity index (χ4v) is 3.96. The lowest BCUT2D eigenvalue weighted by Gasteiger charge is -2.11. The molecule has 0 amide bonds. The van der Waals surface area contributed by atoms with E-state index in [9.17, 15) is 0 Å². The Hall–Kier alpha value is -2.97. The smallest absolute Gasteiger partial charge is 0.241 e. The Balaban J connectivity index is 1.45. The zero-order valence-corrected chi connectivity index (χ0v) is 16.7. The van der Waals surface area contributed by atoms with Crippen LogP contribution in [0.1, 0.15) is 10.9 Å². The molecule has 4 rings (SSSR count). The van der Waals surface area contributed by atoms with E-state index in [0.717, 1.165) is 16.1 Å². The summed E-state index contributed by atoms with van der Waals surface area (Å²) < 4.78 is 17.2. The highest BCUT2D eigenvalue weighted by atomic mass is 32.1. The summed E-state index contributed by atoms with van der Waals surface area (Å²) in [7, 11) is 5.21. The molecule has 7 nitrogen and oxygen atoms in total. The van der Waals surface area contributed by atoms with Gasteiger partial charge in [0.2, 0.25) is 11.7 Å². The van der Waals surface area contributed by atoms with Gasteiger partial charge in [-0.05, 0) is 37.4 Å². The first kappa shape index (κ1) is 18.4. The first-order chi connectivity index (χ1) is 13.7. The number of benzene rings is 2. The van der Waals surface area contributed by atoms with Gasteiger partial charge in [0.05, 0.1) is 37.5 Å². The van der Waals surface area contributed by atoms with E-state index in [1.165, 1.54) is 4.70 Å². The molecule has 0 N–H and O–H groups in total. The molecule has 28 heavy (non-hydrogen) atoms. The van der Waals surface area contributed by atoms with Crippen LogP contribution >= 0.6 is 11.3 Å². The summed E-state index contributed by atoms with van der Waals surface area (Å²) in [4.78, 5) is 11.3. The highest BCUT2D eigenvalue weighted by molar-refractivity contribution is 7.18. The summed E-state index contributed by atoms with van der Waals surface area (Å²) in [6.45, 7) is 1.25. The van der Waals surface area contributed by atoms with Crippen molar-refractivity contribution in [3.8, 4) is 22.9 Å².